The first kappa shape index (κ1) is 15.6. The average molecular weight is 337 g/mol. The van der Waals surface area contributed by atoms with Crippen molar-refractivity contribution in [3.05, 3.63) is 64.8 Å². The van der Waals surface area contributed by atoms with E-state index < -0.39 is 15.7 Å². The van der Waals surface area contributed by atoms with Gasteiger partial charge in [-0.05, 0) is 41.5 Å². The van der Waals surface area contributed by atoms with Gasteiger partial charge in [0, 0.05) is 23.5 Å². The van der Waals surface area contributed by atoms with E-state index in [0.29, 0.717) is 16.8 Å². The maximum atomic E-state index is 12.2. The first-order valence-electron chi connectivity index (χ1n) is 6.90. The molecule has 0 aliphatic carbocycles. The number of nitriles is 1. The van der Waals surface area contributed by atoms with E-state index in [9.17, 15) is 13.2 Å². The van der Waals surface area contributed by atoms with E-state index in [4.69, 9.17) is 5.26 Å². The van der Waals surface area contributed by atoms with Gasteiger partial charge in [-0.2, -0.15) is 5.26 Å². The Morgan fingerprint density at radius 2 is 2.12 bits per heavy atom. The number of sulfone groups is 1. The summed E-state index contributed by atoms with van der Waals surface area (Å²) in [5.41, 5.74) is 1.38. The largest absolute Gasteiger partial charge is 0.321 e. The highest BCUT2D eigenvalue weighted by Gasteiger charge is 2.21. The van der Waals surface area contributed by atoms with Crippen molar-refractivity contribution in [1.29, 1.82) is 5.26 Å². The van der Waals surface area contributed by atoms with E-state index in [2.05, 4.69) is 10.3 Å². The molecule has 0 radical (unpaired) electrons. The molecule has 118 valence electrons. The van der Waals surface area contributed by atoms with Gasteiger partial charge >= 0.3 is 0 Å². The number of carbonyl (C=O) groups is 1. The molecule has 1 aromatic carbocycles. The Labute approximate surface area is 138 Å². The zero-order valence-corrected chi connectivity index (χ0v) is 13.1. The fourth-order valence-corrected chi connectivity index (χ4v) is 3.44. The van der Waals surface area contributed by atoms with Crippen LogP contribution in [0, 0.1) is 11.3 Å². The van der Waals surface area contributed by atoms with Crippen molar-refractivity contribution in [3.63, 3.8) is 0 Å². The molecule has 7 heteroatoms. The fourth-order valence-electron chi connectivity index (χ4n) is 2.21. The first-order chi connectivity index (χ1) is 11.5. The van der Waals surface area contributed by atoms with E-state index in [-0.39, 0.29) is 10.5 Å². The van der Waals surface area contributed by atoms with Crippen LogP contribution in [0.4, 0.5) is 5.69 Å². The molecular formula is C17H11N3O3S. The second-order valence-corrected chi connectivity index (χ2v) is 6.81. The number of pyridine rings is 1. The number of hydrogen-bond acceptors (Lipinski definition) is 5. The summed E-state index contributed by atoms with van der Waals surface area (Å²) in [6.07, 6.45) is 6.02. The van der Waals surface area contributed by atoms with Gasteiger partial charge < -0.3 is 5.32 Å². The van der Waals surface area contributed by atoms with Gasteiger partial charge in [0.25, 0.3) is 5.91 Å². The lowest BCUT2D eigenvalue weighted by atomic mass is 10.1. The summed E-state index contributed by atoms with van der Waals surface area (Å²) in [6, 6.07) is 9.80. The molecular weight excluding hydrogens is 326 g/mol. The highest BCUT2D eigenvalue weighted by molar-refractivity contribution is 7.94. The quantitative estimate of drug-likeness (QED) is 0.684. The number of hydrogen-bond donors (Lipinski definition) is 1. The minimum absolute atomic E-state index is 0.107. The van der Waals surface area contributed by atoms with Crippen LogP contribution >= 0.6 is 0 Å². The van der Waals surface area contributed by atoms with Crippen molar-refractivity contribution >= 4 is 33.6 Å². The molecule has 24 heavy (non-hydrogen) atoms. The van der Waals surface area contributed by atoms with Crippen molar-refractivity contribution in [3.8, 4) is 6.07 Å². The Kier molecular flexibility index (Phi) is 3.98. The van der Waals surface area contributed by atoms with Crippen molar-refractivity contribution in [1.82, 2.24) is 4.98 Å². The number of aromatic nitrogens is 1. The zero-order chi connectivity index (χ0) is 17.2. The monoisotopic (exact) mass is 337 g/mol. The number of fused-ring (bicyclic) bond motifs is 1. The van der Waals surface area contributed by atoms with Gasteiger partial charge in [-0.25, -0.2) is 8.42 Å². The molecule has 0 bridgehead atoms. The molecule has 0 saturated heterocycles. The molecule has 2 aromatic rings. The van der Waals surface area contributed by atoms with Crippen LogP contribution in [0.5, 0.6) is 0 Å². The van der Waals surface area contributed by atoms with Crippen LogP contribution in [0.15, 0.2) is 58.6 Å². The minimum atomic E-state index is -3.46. The molecule has 1 aliphatic rings. The van der Waals surface area contributed by atoms with E-state index in [1.54, 1.807) is 30.5 Å². The Morgan fingerprint density at radius 1 is 1.29 bits per heavy atom. The summed E-state index contributed by atoms with van der Waals surface area (Å²) in [5.74, 6) is -0.621. The molecule has 0 atom stereocenters. The minimum Gasteiger partial charge on any atom is -0.321 e. The topological polar surface area (TPSA) is 99.9 Å². The normalized spacial score (nSPS) is 14.7. The molecule has 1 amide bonds. The smallest absolute Gasteiger partial charge is 0.266 e. The van der Waals surface area contributed by atoms with Crippen molar-refractivity contribution in [2.24, 2.45) is 0 Å². The molecule has 0 spiro atoms. The lowest BCUT2D eigenvalue weighted by molar-refractivity contribution is -0.112. The standard InChI is InChI=1S/C17H11N3O3S/c18-10-14(8-12-2-1-6-19-11-12)17(21)20-15-4-3-13-5-7-24(22,23)16(13)9-15/h1-9,11H,(H,20,21)/b14-8+. The van der Waals surface area contributed by atoms with Gasteiger partial charge in [-0.3, -0.25) is 9.78 Å². The van der Waals surface area contributed by atoms with Crippen LogP contribution in [-0.2, 0) is 14.6 Å². The van der Waals surface area contributed by atoms with E-state index >= 15 is 0 Å². The Hall–Kier alpha value is -3.24. The third-order valence-electron chi connectivity index (χ3n) is 3.37. The van der Waals surface area contributed by atoms with Gasteiger partial charge in [-0.1, -0.05) is 12.1 Å². The number of benzene rings is 1. The molecule has 0 unspecified atom stereocenters. The lowest BCUT2D eigenvalue weighted by Gasteiger charge is -2.06. The number of rotatable bonds is 3. The average Bonchev–Trinajstić information content (AvgIpc) is 2.88. The van der Waals surface area contributed by atoms with Crippen LogP contribution in [0.3, 0.4) is 0 Å². The second kappa shape index (κ2) is 6.10. The molecule has 1 aliphatic heterocycles. The summed E-state index contributed by atoms with van der Waals surface area (Å²) in [7, 11) is -3.46. The molecule has 0 fully saturated rings. The first-order valence-corrected chi connectivity index (χ1v) is 8.45. The van der Waals surface area contributed by atoms with Gasteiger partial charge in [0.15, 0.2) is 0 Å². The third kappa shape index (κ3) is 3.09. The van der Waals surface area contributed by atoms with Crippen LogP contribution in [0.1, 0.15) is 11.1 Å². The number of nitrogens with one attached hydrogen (secondary N) is 1. The second-order valence-electron chi connectivity index (χ2n) is 5.01. The number of carbonyl (C=O) groups excluding carboxylic acids is 1. The Balaban J connectivity index is 1.85. The number of anilines is 1. The number of nitrogens with zero attached hydrogens (tertiary/aromatic N) is 2. The SMILES string of the molecule is N#C/C(=C\c1cccnc1)C(=O)Nc1ccc2c(c1)S(=O)(=O)C=C2. The zero-order valence-electron chi connectivity index (χ0n) is 12.3. The summed E-state index contributed by atoms with van der Waals surface area (Å²) in [5, 5.41) is 12.8. The van der Waals surface area contributed by atoms with Gasteiger partial charge in [0.1, 0.15) is 11.6 Å². The van der Waals surface area contributed by atoms with Gasteiger partial charge in [0.2, 0.25) is 9.84 Å². The predicted molar refractivity (Wildman–Crippen MR) is 89.1 cm³/mol. The molecule has 1 aromatic heterocycles. The highest BCUT2D eigenvalue weighted by Crippen LogP contribution is 2.29. The van der Waals surface area contributed by atoms with Crippen molar-refractivity contribution < 1.29 is 13.2 Å². The molecule has 2 heterocycles. The third-order valence-corrected chi connectivity index (χ3v) is 4.83. The summed E-state index contributed by atoms with van der Waals surface area (Å²) in [4.78, 5) is 16.3. The van der Waals surface area contributed by atoms with E-state index in [0.717, 1.165) is 5.41 Å². The fraction of sp³-hybridized carbons (Fsp3) is 0. The molecule has 6 nitrogen and oxygen atoms in total. The van der Waals surface area contributed by atoms with Gasteiger partial charge in [0.05, 0.1) is 4.90 Å². The Morgan fingerprint density at radius 3 is 2.83 bits per heavy atom. The van der Waals surface area contributed by atoms with Crippen molar-refractivity contribution in [2.45, 2.75) is 4.90 Å². The molecule has 0 saturated carbocycles. The maximum Gasteiger partial charge on any atom is 0.266 e. The predicted octanol–water partition coefficient (Wildman–Crippen LogP) is 2.39. The van der Waals surface area contributed by atoms with Crippen LogP contribution in [0.2, 0.25) is 0 Å². The van der Waals surface area contributed by atoms with Gasteiger partial charge in [-0.15, -0.1) is 0 Å². The summed E-state index contributed by atoms with van der Waals surface area (Å²) >= 11 is 0. The van der Waals surface area contributed by atoms with Crippen LogP contribution in [-0.4, -0.2) is 19.3 Å². The lowest BCUT2D eigenvalue weighted by Crippen LogP contribution is -2.13. The Bertz CT molecular complexity index is 1020. The maximum absolute atomic E-state index is 12.2. The van der Waals surface area contributed by atoms with Crippen LogP contribution in [0.25, 0.3) is 12.2 Å². The highest BCUT2D eigenvalue weighted by atomic mass is 32.2. The summed E-state index contributed by atoms with van der Waals surface area (Å²) in [6.45, 7) is 0. The molecule has 1 N–H and O–H groups in total. The summed E-state index contributed by atoms with van der Waals surface area (Å²) < 4.78 is 23.7. The van der Waals surface area contributed by atoms with Crippen LogP contribution < -0.4 is 5.32 Å². The number of amides is 1. The van der Waals surface area contributed by atoms with Crippen molar-refractivity contribution in [2.75, 3.05) is 5.32 Å². The molecule has 3 rings (SSSR count). The van der Waals surface area contributed by atoms with E-state index in [1.807, 2.05) is 6.07 Å². The van der Waals surface area contributed by atoms with E-state index in [1.165, 1.54) is 24.4 Å².